The Morgan fingerprint density at radius 3 is 1.88 bits per heavy atom. The number of nitrogens with zero attached hydrogens (tertiary/aromatic N) is 1. The molecule has 2 amide bonds. The van der Waals surface area contributed by atoms with E-state index in [0.717, 1.165) is 30.8 Å². The van der Waals surface area contributed by atoms with Crippen LogP contribution < -0.4 is 10.6 Å². The Labute approximate surface area is 144 Å². The van der Waals surface area contributed by atoms with Crippen molar-refractivity contribution in [1.82, 2.24) is 15.5 Å². The van der Waals surface area contributed by atoms with E-state index in [4.69, 9.17) is 0 Å². The number of hydrogen-bond acceptors (Lipinski definition) is 2. The molecule has 0 unspecified atom stereocenters. The van der Waals surface area contributed by atoms with Gasteiger partial charge in [0.15, 0.2) is 0 Å². The Morgan fingerprint density at radius 2 is 1.42 bits per heavy atom. The molecule has 0 heterocycles. The summed E-state index contributed by atoms with van der Waals surface area (Å²) in [5.74, 6) is 0. The molecule has 0 spiro atoms. The van der Waals surface area contributed by atoms with Gasteiger partial charge in [0.1, 0.15) is 0 Å². The van der Waals surface area contributed by atoms with Gasteiger partial charge in [-0.3, -0.25) is 0 Å². The van der Waals surface area contributed by atoms with E-state index in [2.05, 4.69) is 29.4 Å². The second-order valence-corrected chi connectivity index (χ2v) is 5.68. The highest BCUT2D eigenvalue weighted by atomic mass is 16.2. The first-order valence-corrected chi connectivity index (χ1v) is 8.61. The number of carbonyl (C=O) groups is 1. The lowest BCUT2D eigenvalue weighted by Crippen LogP contribution is -2.42. The highest BCUT2D eigenvalue weighted by Gasteiger charge is 2.16. The van der Waals surface area contributed by atoms with Crippen molar-refractivity contribution in [3.63, 3.8) is 0 Å². The molecular formula is C20H27N3O. The fourth-order valence-corrected chi connectivity index (χ4v) is 2.70. The van der Waals surface area contributed by atoms with Crippen molar-refractivity contribution in [3.05, 3.63) is 71.8 Å². The lowest BCUT2D eigenvalue weighted by molar-refractivity contribution is 0.235. The second-order valence-electron chi connectivity index (χ2n) is 5.68. The first-order chi connectivity index (χ1) is 11.7. The molecule has 2 N–H and O–H groups in total. The minimum absolute atomic E-state index is 0.139. The standard InChI is InChI=1S/C20H27N3O/c1-3-23(4-2)16-15-21-20(24)22-19(17-11-7-5-8-12-17)18-13-9-6-10-14-18/h5-14,19H,3-4,15-16H2,1-2H3,(H2,21,22,24). The number of nitrogens with one attached hydrogen (secondary N) is 2. The Hall–Kier alpha value is -2.33. The molecule has 128 valence electrons. The van der Waals surface area contributed by atoms with E-state index in [9.17, 15) is 4.79 Å². The van der Waals surface area contributed by atoms with Gasteiger partial charge in [0.25, 0.3) is 0 Å². The van der Waals surface area contributed by atoms with Crippen molar-refractivity contribution in [1.29, 1.82) is 0 Å². The van der Waals surface area contributed by atoms with Crippen LogP contribution in [0.15, 0.2) is 60.7 Å². The van der Waals surface area contributed by atoms with Crippen LogP contribution in [0.2, 0.25) is 0 Å². The predicted molar refractivity (Wildman–Crippen MR) is 99.0 cm³/mol. The maximum Gasteiger partial charge on any atom is 0.315 e. The molecule has 0 aliphatic heterocycles. The Morgan fingerprint density at radius 1 is 0.917 bits per heavy atom. The van der Waals surface area contributed by atoms with Gasteiger partial charge in [0, 0.05) is 13.1 Å². The van der Waals surface area contributed by atoms with Gasteiger partial charge in [0.2, 0.25) is 0 Å². The van der Waals surface area contributed by atoms with Crippen LogP contribution in [0.5, 0.6) is 0 Å². The molecule has 24 heavy (non-hydrogen) atoms. The van der Waals surface area contributed by atoms with Crippen LogP contribution in [0.25, 0.3) is 0 Å². The monoisotopic (exact) mass is 325 g/mol. The van der Waals surface area contributed by atoms with Crippen molar-refractivity contribution in [2.24, 2.45) is 0 Å². The summed E-state index contributed by atoms with van der Waals surface area (Å²) in [5.41, 5.74) is 2.14. The van der Waals surface area contributed by atoms with Gasteiger partial charge in [-0.25, -0.2) is 4.79 Å². The number of likely N-dealkylation sites (N-methyl/N-ethyl adjacent to an activating group) is 1. The van der Waals surface area contributed by atoms with Gasteiger partial charge in [0.05, 0.1) is 6.04 Å². The molecule has 4 heteroatoms. The zero-order valence-corrected chi connectivity index (χ0v) is 14.5. The van der Waals surface area contributed by atoms with Gasteiger partial charge in [-0.1, -0.05) is 74.5 Å². The third-order valence-corrected chi connectivity index (χ3v) is 4.15. The van der Waals surface area contributed by atoms with Gasteiger partial charge in [-0.2, -0.15) is 0 Å². The molecule has 0 fully saturated rings. The van der Waals surface area contributed by atoms with E-state index in [-0.39, 0.29) is 12.1 Å². The zero-order chi connectivity index (χ0) is 17.2. The first kappa shape index (κ1) is 18.0. The molecule has 2 aromatic rings. The zero-order valence-electron chi connectivity index (χ0n) is 14.5. The number of urea groups is 1. The van der Waals surface area contributed by atoms with Crippen LogP contribution >= 0.6 is 0 Å². The molecule has 0 aromatic heterocycles. The number of rotatable bonds is 8. The second kappa shape index (κ2) is 9.73. The van der Waals surface area contributed by atoms with Crippen molar-refractivity contribution in [2.45, 2.75) is 19.9 Å². The quantitative estimate of drug-likeness (QED) is 0.781. The van der Waals surface area contributed by atoms with Gasteiger partial charge < -0.3 is 15.5 Å². The molecule has 0 saturated heterocycles. The molecule has 0 bridgehead atoms. The molecule has 0 aliphatic rings. The minimum Gasteiger partial charge on any atom is -0.337 e. The highest BCUT2D eigenvalue weighted by Crippen LogP contribution is 2.21. The third kappa shape index (κ3) is 5.39. The van der Waals surface area contributed by atoms with Crippen LogP contribution in [0.4, 0.5) is 4.79 Å². The van der Waals surface area contributed by atoms with Gasteiger partial charge >= 0.3 is 6.03 Å². The van der Waals surface area contributed by atoms with Crippen LogP contribution in [0, 0.1) is 0 Å². The SMILES string of the molecule is CCN(CC)CCNC(=O)NC(c1ccccc1)c1ccccc1. The first-order valence-electron chi connectivity index (χ1n) is 8.61. The fraction of sp³-hybridized carbons (Fsp3) is 0.350. The molecule has 4 nitrogen and oxygen atoms in total. The van der Waals surface area contributed by atoms with Crippen molar-refractivity contribution in [2.75, 3.05) is 26.2 Å². The summed E-state index contributed by atoms with van der Waals surface area (Å²) in [7, 11) is 0. The van der Waals surface area contributed by atoms with Crippen molar-refractivity contribution < 1.29 is 4.79 Å². The fourth-order valence-electron chi connectivity index (χ4n) is 2.70. The molecule has 0 radical (unpaired) electrons. The molecule has 0 aliphatic carbocycles. The molecule has 2 aromatic carbocycles. The summed E-state index contributed by atoms with van der Waals surface area (Å²) in [6, 6.07) is 19.8. The maximum absolute atomic E-state index is 12.3. The van der Waals surface area contributed by atoms with E-state index in [1.807, 2.05) is 60.7 Å². The summed E-state index contributed by atoms with van der Waals surface area (Å²) in [5, 5.41) is 6.05. The summed E-state index contributed by atoms with van der Waals surface area (Å²) in [6.45, 7) is 7.76. The van der Waals surface area contributed by atoms with Crippen molar-refractivity contribution in [3.8, 4) is 0 Å². The predicted octanol–water partition coefficient (Wildman–Crippen LogP) is 3.42. The third-order valence-electron chi connectivity index (χ3n) is 4.15. The highest BCUT2D eigenvalue weighted by molar-refractivity contribution is 5.75. The number of amides is 2. The van der Waals surface area contributed by atoms with E-state index >= 15 is 0 Å². The maximum atomic E-state index is 12.3. The van der Waals surface area contributed by atoms with Crippen LogP contribution in [-0.2, 0) is 0 Å². The number of benzene rings is 2. The Balaban J connectivity index is 2.00. The lowest BCUT2D eigenvalue weighted by atomic mass is 9.99. The van der Waals surface area contributed by atoms with Crippen LogP contribution in [0.3, 0.4) is 0 Å². The number of hydrogen-bond donors (Lipinski definition) is 2. The van der Waals surface area contributed by atoms with E-state index in [0.29, 0.717) is 6.54 Å². The number of carbonyl (C=O) groups excluding carboxylic acids is 1. The van der Waals surface area contributed by atoms with E-state index < -0.39 is 0 Å². The summed E-state index contributed by atoms with van der Waals surface area (Å²) in [6.07, 6.45) is 0. The minimum atomic E-state index is -0.152. The molecular weight excluding hydrogens is 298 g/mol. The molecule has 2 rings (SSSR count). The van der Waals surface area contributed by atoms with Gasteiger partial charge in [-0.05, 0) is 24.2 Å². The molecule has 0 atom stereocenters. The smallest absolute Gasteiger partial charge is 0.315 e. The van der Waals surface area contributed by atoms with Crippen molar-refractivity contribution >= 4 is 6.03 Å². The summed E-state index contributed by atoms with van der Waals surface area (Å²) < 4.78 is 0. The Bertz CT molecular complexity index is 557. The lowest BCUT2D eigenvalue weighted by Gasteiger charge is -2.21. The normalized spacial score (nSPS) is 10.8. The topological polar surface area (TPSA) is 44.4 Å². The van der Waals surface area contributed by atoms with E-state index in [1.54, 1.807) is 0 Å². The van der Waals surface area contributed by atoms with Crippen LogP contribution in [-0.4, -0.2) is 37.1 Å². The largest absolute Gasteiger partial charge is 0.337 e. The average Bonchev–Trinajstić information content (AvgIpc) is 2.65. The Kier molecular flexibility index (Phi) is 7.30. The van der Waals surface area contributed by atoms with Gasteiger partial charge in [-0.15, -0.1) is 0 Å². The summed E-state index contributed by atoms with van der Waals surface area (Å²) in [4.78, 5) is 14.6. The molecule has 0 saturated carbocycles. The van der Waals surface area contributed by atoms with Crippen LogP contribution in [0.1, 0.15) is 31.0 Å². The van der Waals surface area contributed by atoms with E-state index in [1.165, 1.54) is 0 Å². The average molecular weight is 325 g/mol. The summed E-state index contributed by atoms with van der Waals surface area (Å²) >= 11 is 0.